The van der Waals surface area contributed by atoms with Crippen LogP contribution in [-0.4, -0.2) is 69.8 Å². The van der Waals surface area contributed by atoms with Gasteiger partial charge in [0.25, 0.3) is 0 Å². The van der Waals surface area contributed by atoms with Crippen LogP contribution in [0, 0.1) is 0 Å². The van der Waals surface area contributed by atoms with Crippen LogP contribution < -0.4 is 14.2 Å². The predicted molar refractivity (Wildman–Crippen MR) is 95.9 cm³/mol. The van der Waals surface area contributed by atoms with Gasteiger partial charge in [0.15, 0.2) is 16.7 Å². The maximum atomic E-state index is 12.7. The third-order valence-electron chi connectivity index (χ3n) is 3.50. The molecule has 26 heavy (non-hydrogen) atoms. The van der Waals surface area contributed by atoms with Crippen molar-refractivity contribution in [2.75, 3.05) is 21.1 Å². The van der Waals surface area contributed by atoms with Crippen LogP contribution in [0.5, 0.6) is 17.2 Å². The number of benzene rings is 1. The Labute approximate surface area is 174 Å². The SMILES string of the molecule is COc1ccnc(CS(=O)c2nc3ccc(OCF)cc3[nH]2)c1OC.[Na]. The summed E-state index contributed by atoms with van der Waals surface area (Å²) < 4.78 is 40.2. The van der Waals surface area contributed by atoms with Crippen molar-refractivity contribution in [2.45, 2.75) is 10.9 Å². The van der Waals surface area contributed by atoms with Crippen LogP contribution in [0.1, 0.15) is 5.69 Å². The van der Waals surface area contributed by atoms with Gasteiger partial charge in [-0.15, -0.1) is 0 Å². The molecule has 1 N–H and O–H groups in total. The molecule has 0 spiro atoms. The van der Waals surface area contributed by atoms with Gasteiger partial charge in [0.05, 0.1) is 47.5 Å². The second kappa shape index (κ2) is 9.31. The number of aromatic nitrogens is 3. The van der Waals surface area contributed by atoms with Crippen LogP contribution >= 0.6 is 0 Å². The third kappa shape index (κ3) is 4.35. The monoisotopic (exact) mass is 388 g/mol. The summed E-state index contributed by atoms with van der Waals surface area (Å²) in [6.07, 6.45) is 1.56. The van der Waals surface area contributed by atoms with E-state index in [1.165, 1.54) is 14.2 Å². The fraction of sp³-hybridized carbons (Fsp3) is 0.250. The summed E-state index contributed by atoms with van der Waals surface area (Å²) in [6, 6.07) is 6.54. The number of nitrogens with zero attached hydrogens (tertiary/aromatic N) is 2. The fourth-order valence-corrected chi connectivity index (χ4v) is 3.39. The van der Waals surface area contributed by atoms with Crippen molar-refractivity contribution in [1.82, 2.24) is 15.0 Å². The molecule has 0 aliphatic rings. The smallest absolute Gasteiger partial charge is 0.228 e. The fourth-order valence-electron chi connectivity index (χ4n) is 2.37. The van der Waals surface area contributed by atoms with Crippen LogP contribution in [0.3, 0.4) is 0 Å². The first-order valence-corrected chi connectivity index (χ1v) is 8.61. The summed E-state index contributed by atoms with van der Waals surface area (Å²) >= 11 is 0. The van der Waals surface area contributed by atoms with E-state index in [4.69, 9.17) is 14.2 Å². The topological polar surface area (TPSA) is 86.3 Å². The Bertz CT molecular complexity index is 922. The van der Waals surface area contributed by atoms with Crippen LogP contribution in [0.4, 0.5) is 4.39 Å². The van der Waals surface area contributed by atoms with Gasteiger partial charge < -0.3 is 19.2 Å². The summed E-state index contributed by atoms with van der Waals surface area (Å²) in [5.41, 5.74) is 1.72. The molecule has 0 aliphatic heterocycles. The van der Waals surface area contributed by atoms with Gasteiger partial charge in [-0.1, -0.05) is 0 Å². The Morgan fingerprint density at radius 1 is 1.23 bits per heavy atom. The van der Waals surface area contributed by atoms with E-state index in [1.54, 1.807) is 30.5 Å². The van der Waals surface area contributed by atoms with Gasteiger partial charge in [0.2, 0.25) is 6.86 Å². The number of ether oxygens (including phenoxy) is 3. The number of methoxy groups -OCH3 is 2. The molecule has 2 aromatic heterocycles. The Balaban J connectivity index is 0.00000243. The third-order valence-corrected chi connectivity index (χ3v) is 4.66. The molecule has 1 radical (unpaired) electrons. The first kappa shape index (κ1) is 20.6. The largest absolute Gasteiger partial charge is 0.493 e. The first-order valence-electron chi connectivity index (χ1n) is 7.29. The summed E-state index contributed by atoms with van der Waals surface area (Å²) in [4.78, 5) is 11.5. The Hall–Kier alpha value is -1.68. The standard InChI is InChI=1S/C16H16FN3O4S.Na/c1-22-14-5-6-18-13(15(14)23-2)8-25(21)16-19-11-4-3-10(24-9-17)7-12(11)20-16;/h3-7H,8-9H2,1-2H3,(H,19,20);. The van der Waals surface area contributed by atoms with E-state index in [2.05, 4.69) is 15.0 Å². The predicted octanol–water partition coefficient (Wildman–Crippen LogP) is 2.21. The molecule has 3 rings (SSSR count). The molecule has 1 unspecified atom stereocenters. The molecule has 2 heterocycles. The minimum Gasteiger partial charge on any atom is -0.493 e. The average Bonchev–Trinajstić information content (AvgIpc) is 3.05. The number of aromatic amines is 1. The summed E-state index contributed by atoms with van der Waals surface area (Å²) in [5, 5.41) is 0.291. The second-order valence-electron chi connectivity index (χ2n) is 4.96. The van der Waals surface area contributed by atoms with Crippen LogP contribution in [0.25, 0.3) is 11.0 Å². The van der Waals surface area contributed by atoms with Crippen molar-refractivity contribution in [3.63, 3.8) is 0 Å². The van der Waals surface area contributed by atoms with Gasteiger partial charge >= 0.3 is 0 Å². The van der Waals surface area contributed by atoms with Gasteiger partial charge in [0.1, 0.15) is 5.75 Å². The maximum absolute atomic E-state index is 12.7. The van der Waals surface area contributed by atoms with E-state index in [0.717, 1.165) is 0 Å². The average molecular weight is 388 g/mol. The van der Waals surface area contributed by atoms with Gasteiger partial charge in [-0.2, -0.15) is 0 Å². The first-order chi connectivity index (χ1) is 12.2. The summed E-state index contributed by atoms with van der Waals surface area (Å²) in [5.74, 6) is 1.43. The molecule has 0 aliphatic carbocycles. The zero-order valence-electron chi connectivity index (χ0n) is 14.6. The molecule has 10 heteroatoms. The molecule has 133 valence electrons. The summed E-state index contributed by atoms with van der Waals surface area (Å²) in [6.45, 7) is -0.917. The van der Waals surface area contributed by atoms with Crippen LogP contribution in [0.2, 0.25) is 0 Å². The van der Waals surface area contributed by atoms with E-state index in [-0.39, 0.29) is 35.3 Å². The number of halogens is 1. The van der Waals surface area contributed by atoms with Crippen molar-refractivity contribution in [3.8, 4) is 17.2 Å². The van der Waals surface area contributed by atoms with E-state index in [9.17, 15) is 8.60 Å². The number of rotatable bonds is 7. The van der Waals surface area contributed by atoms with Gasteiger partial charge in [-0.05, 0) is 12.1 Å². The molecular formula is C16H16FN3NaO4S. The number of nitrogens with one attached hydrogen (secondary N) is 1. The van der Waals surface area contributed by atoms with E-state index >= 15 is 0 Å². The minimum absolute atomic E-state index is 0. The quantitative estimate of drug-likeness (QED) is 0.625. The van der Waals surface area contributed by atoms with Gasteiger partial charge in [-0.3, -0.25) is 9.19 Å². The minimum atomic E-state index is -1.48. The van der Waals surface area contributed by atoms with Crippen molar-refractivity contribution in [3.05, 3.63) is 36.2 Å². The molecule has 0 bridgehead atoms. The molecule has 1 aromatic carbocycles. The summed E-state index contributed by atoms with van der Waals surface area (Å²) in [7, 11) is 1.54. The van der Waals surface area contributed by atoms with E-state index < -0.39 is 17.7 Å². The van der Waals surface area contributed by atoms with Crippen molar-refractivity contribution >= 4 is 51.4 Å². The number of hydrogen-bond acceptors (Lipinski definition) is 6. The van der Waals surface area contributed by atoms with Crippen molar-refractivity contribution in [2.24, 2.45) is 0 Å². The molecule has 0 fully saturated rings. The molecule has 1 atom stereocenters. The Kier molecular flexibility index (Phi) is 7.39. The Morgan fingerprint density at radius 2 is 2.04 bits per heavy atom. The van der Waals surface area contributed by atoms with Crippen LogP contribution in [-0.2, 0) is 16.6 Å². The number of hydrogen-bond donors (Lipinski definition) is 1. The van der Waals surface area contributed by atoms with Crippen LogP contribution in [0.15, 0.2) is 35.6 Å². The van der Waals surface area contributed by atoms with Gasteiger partial charge in [-0.25, -0.2) is 9.37 Å². The molecule has 3 aromatic rings. The van der Waals surface area contributed by atoms with Gasteiger partial charge in [0, 0.05) is 47.9 Å². The normalized spacial score (nSPS) is 11.7. The molecule has 0 amide bonds. The Morgan fingerprint density at radius 3 is 2.73 bits per heavy atom. The van der Waals surface area contributed by atoms with Crippen molar-refractivity contribution in [1.29, 1.82) is 0 Å². The van der Waals surface area contributed by atoms with Crippen molar-refractivity contribution < 1.29 is 22.8 Å². The number of fused-ring (bicyclic) bond motifs is 1. The zero-order valence-corrected chi connectivity index (χ0v) is 17.4. The maximum Gasteiger partial charge on any atom is 0.228 e. The zero-order chi connectivity index (χ0) is 17.8. The molecule has 0 saturated heterocycles. The number of pyridine rings is 1. The number of alkyl halides is 1. The molecule has 7 nitrogen and oxygen atoms in total. The number of H-pyrrole nitrogens is 1. The van der Waals surface area contributed by atoms with E-state index in [1.807, 2.05) is 0 Å². The molecule has 0 saturated carbocycles. The van der Waals surface area contributed by atoms with E-state index in [0.29, 0.717) is 39.1 Å². The second-order valence-corrected chi connectivity index (χ2v) is 6.32. The molecular weight excluding hydrogens is 372 g/mol. The number of imidazole rings is 1.